The Labute approximate surface area is 137 Å². The number of aryl methyl sites for hydroxylation is 1. The van der Waals surface area contributed by atoms with E-state index in [2.05, 4.69) is 15.1 Å². The monoisotopic (exact) mass is 318 g/mol. The van der Waals surface area contributed by atoms with Gasteiger partial charge in [-0.2, -0.15) is 4.98 Å². The van der Waals surface area contributed by atoms with E-state index in [0.717, 1.165) is 12.1 Å². The highest BCUT2D eigenvalue weighted by Gasteiger charge is 2.17. The normalized spacial score (nSPS) is 11.0. The summed E-state index contributed by atoms with van der Waals surface area (Å²) in [7, 11) is 0. The summed E-state index contributed by atoms with van der Waals surface area (Å²) in [5, 5.41) is 4.58. The van der Waals surface area contributed by atoms with Gasteiger partial charge in [-0.3, -0.25) is 9.78 Å². The van der Waals surface area contributed by atoms with Crippen LogP contribution in [0.25, 0.3) is 33.9 Å². The highest BCUT2D eigenvalue weighted by Crippen LogP contribution is 2.21. The van der Waals surface area contributed by atoms with Crippen LogP contribution in [-0.4, -0.2) is 19.7 Å². The summed E-state index contributed by atoms with van der Waals surface area (Å²) in [6, 6.07) is 13.0. The number of nitrogens with zero attached hydrogens (tertiary/aromatic N) is 4. The third-order valence-corrected chi connectivity index (χ3v) is 3.88. The van der Waals surface area contributed by atoms with Crippen LogP contribution >= 0.6 is 0 Å². The third kappa shape index (κ3) is 2.28. The van der Waals surface area contributed by atoms with E-state index < -0.39 is 0 Å². The van der Waals surface area contributed by atoms with Gasteiger partial charge < -0.3 is 9.09 Å². The van der Waals surface area contributed by atoms with Gasteiger partial charge in [0, 0.05) is 24.3 Å². The predicted octanol–water partition coefficient (Wildman–Crippen LogP) is 3.13. The van der Waals surface area contributed by atoms with Crippen molar-refractivity contribution < 1.29 is 4.52 Å². The zero-order valence-electron chi connectivity index (χ0n) is 13.0. The summed E-state index contributed by atoms with van der Waals surface area (Å²) >= 11 is 0. The largest absolute Gasteiger partial charge is 0.347 e. The van der Waals surface area contributed by atoms with Gasteiger partial charge in [0.15, 0.2) is 0 Å². The molecule has 4 rings (SSSR count). The second-order valence-corrected chi connectivity index (χ2v) is 5.31. The maximum atomic E-state index is 12.8. The van der Waals surface area contributed by atoms with Crippen LogP contribution in [0.1, 0.15) is 6.92 Å². The number of fused-ring (bicyclic) bond motifs is 1. The molecule has 24 heavy (non-hydrogen) atoms. The summed E-state index contributed by atoms with van der Waals surface area (Å²) < 4.78 is 7.32. The molecule has 0 amide bonds. The van der Waals surface area contributed by atoms with Crippen molar-refractivity contribution in [3.8, 4) is 23.0 Å². The zero-order valence-corrected chi connectivity index (χ0v) is 13.0. The van der Waals surface area contributed by atoms with Crippen molar-refractivity contribution in [2.24, 2.45) is 0 Å². The van der Waals surface area contributed by atoms with Gasteiger partial charge in [0.05, 0.1) is 5.52 Å². The van der Waals surface area contributed by atoms with Crippen LogP contribution in [0.5, 0.6) is 0 Å². The lowest BCUT2D eigenvalue weighted by molar-refractivity contribution is 0.431. The minimum atomic E-state index is -0.119. The van der Waals surface area contributed by atoms with E-state index >= 15 is 0 Å². The van der Waals surface area contributed by atoms with Crippen LogP contribution in [0.4, 0.5) is 0 Å². The first-order chi connectivity index (χ1) is 11.8. The zero-order chi connectivity index (χ0) is 16.5. The molecule has 0 saturated carbocycles. The Hall–Kier alpha value is -3.28. The molecule has 0 radical (unpaired) electrons. The van der Waals surface area contributed by atoms with E-state index in [-0.39, 0.29) is 11.3 Å². The summed E-state index contributed by atoms with van der Waals surface area (Å²) in [6.07, 6.45) is 3.42. The molecule has 0 atom stereocenters. The van der Waals surface area contributed by atoms with Crippen molar-refractivity contribution in [3.63, 3.8) is 0 Å². The van der Waals surface area contributed by atoms with E-state index in [4.69, 9.17) is 4.52 Å². The van der Waals surface area contributed by atoms with Crippen LogP contribution < -0.4 is 5.43 Å². The van der Waals surface area contributed by atoms with E-state index in [0.29, 0.717) is 22.5 Å². The first kappa shape index (κ1) is 14.3. The molecule has 0 unspecified atom stereocenters. The number of aromatic nitrogens is 4. The second-order valence-electron chi connectivity index (χ2n) is 5.31. The van der Waals surface area contributed by atoms with Crippen molar-refractivity contribution in [2.75, 3.05) is 0 Å². The van der Waals surface area contributed by atoms with Gasteiger partial charge in [-0.25, -0.2) is 0 Å². The molecular formula is C18H14N4O2. The maximum absolute atomic E-state index is 12.8. The summed E-state index contributed by atoms with van der Waals surface area (Å²) in [4.78, 5) is 21.3. The number of hydrogen-bond donors (Lipinski definition) is 0. The minimum absolute atomic E-state index is 0.119. The van der Waals surface area contributed by atoms with Gasteiger partial charge in [-0.15, -0.1) is 0 Å². The molecular weight excluding hydrogens is 304 g/mol. The molecule has 0 aliphatic carbocycles. The Morgan fingerprint density at radius 2 is 1.96 bits per heavy atom. The minimum Gasteiger partial charge on any atom is -0.347 e. The topological polar surface area (TPSA) is 73.8 Å². The van der Waals surface area contributed by atoms with Crippen LogP contribution in [0.3, 0.4) is 0 Å². The molecule has 0 bridgehead atoms. The van der Waals surface area contributed by atoms with Crippen molar-refractivity contribution >= 4 is 10.9 Å². The highest BCUT2D eigenvalue weighted by molar-refractivity contribution is 5.82. The van der Waals surface area contributed by atoms with Crippen molar-refractivity contribution in [2.45, 2.75) is 13.5 Å². The van der Waals surface area contributed by atoms with Gasteiger partial charge in [0.2, 0.25) is 11.3 Å². The van der Waals surface area contributed by atoms with Gasteiger partial charge in [0.25, 0.3) is 5.89 Å². The quantitative estimate of drug-likeness (QED) is 0.580. The molecule has 4 aromatic rings. The smallest absolute Gasteiger partial charge is 0.263 e. The van der Waals surface area contributed by atoms with E-state index in [1.165, 1.54) is 0 Å². The lowest BCUT2D eigenvalue weighted by atomic mass is 10.1. The number of para-hydroxylation sites is 1. The summed E-state index contributed by atoms with van der Waals surface area (Å²) in [5.41, 5.74) is 1.76. The molecule has 0 aliphatic heterocycles. The molecule has 0 spiro atoms. The van der Waals surface area contributed by atoms with Crippen molar-refractivity contribution in [1.82, 2.24) is 19.7 Å². The van der Waals surface area contributed by atoms with Crippen LogP contribution in [0.2, 0.25) is 0 Å². The number of hydrogen-bond acceptors (Lipinski definition) is 5. The van der Waals surface area contributed by atoms with Gasteiger partial charge in [-0.1, -0.05) is 23.4 Å². The van der Waals surface area contributed by atoms with Gasteiger partial charge in [0.1, 0.15) is 11.3 Å². The number of benzene rings is 1. The average Bonchev–Trinajstić information content (AvgIpc) is 3.13. The van der Waals surface area contributed by atoms with E-state index in [1.54, 1.807) is 18.5 Å². The summed E-state index contributed by atoms with van der Waals surface area (Å²) in [5.74, 6) is 0.565. The first-order valence-electron chi connectivity index (χ1n) is 7.65. The summed E-state index contributed by atoms with van der Waals surface area (Å²) in [6.45, 7) is 2.75. The van der Waals surface area contributed by atoms with Crippen LogP contribution in [-0.2, 0) is 6.54 Å². The molecule has 6 nitrogen and oxygen atoms in total. The second kappa shape index (κ2) is 5.73. The number of pyridine rings is 2. The van der Waals surface area contributed by atoms with Crippen LogP contribution in [0.15, 0.2) is 64.2 Å². The molecule has 3 aromatic heterocycles. The third-order valence-electron chi connectivity index (χ3n) is 3.88. The van der Waals surface area contributed by atoms with Crippen molar-refractivity contribution in [1.29, 1.82) is 0 Å². The van der Waals surface area contributed by atoms with Crippen LogP contribution in [0, 0.1) is 0 Å². The Morgan fingerprint density at radius 1 is 1.12 bits per heavy atom. The fourth-order valence-corrected chi connectivity index (χ4v) is 2.69. The Bertz CT molecular complexity index is 1070. The van der Waals surface area contributed by atoms with E-state index in [9.17, 15) is 4.79 Å². The molecule has 6 heteroatoms. The standard InChI is InChI=1S/C18H14N4O2/c1-2-22-11-13(16(23)12-7-3-4-9-15(12)22)18-20-17(21-24-18)14-8-5-6-10-19-14/h3-11H,2H2,1H3. The molecule has 0 aliphatic rings. The fourth-order valence-electron chi connectivity index (χ4n) is 2.69. The van der Waals surface area contributed by atoms with Crippen molar-refractivity contribution in [3.05, 3.63) is 65.1 Å². The molecule has 3 heterocycles. The predicted molar refractivity (Wildman–Crippen MR) is 90.4 cm³/mol. The Kier molecular flexibility index (Phi) is 3.42. The van der Waals surface area contributed by atoms with Gasteiger partial charge >= 0.3 is 0 Å². The molecule has 0 fully saturated rings. The average molecular weight is 318 g/mol. The Balaban J connectivity index is 1.90. The SMILES string of the molecule is CCn1cc(-c2nc(-c3ccccn3)no2)c(=O)c2ccccc21. The highest BCUT2D eigenvalue weighted by atomic mass is 16.5. The fraction of sp³-hybridized carbons (Fsp3) is 0.111. The Morgan fingerprint density at radius 3 is 2.75 bits per heavy atom. The molecule has 118 valence electrons. The maximum Gasteiger partial charge on any atom is 0.263 e. The first-order valence-corrected chi connectivity index (χ1v) is 7.65. The van der Waals surface area contributed by atoms with Gasteiger partial charge in [-0.05, 0) is 31.2 Å². The molecule has 1 aromatic carbocycles. The lowest BCUT2D eigenvalue weighted by Gasteiger charge is -2.09. The molecule has 0 N–H and O–H groups in total. The molecule has 0 saturated heterocycles. The van der Waals surface area contributed by atoms with E-state index in [1.807, 2.05) is 47.9 Å². The number of rotatable bonds is 3. The lowest BCUT2D eigenvalue weighted by Crippen LogP contribution is -2.11.